The maximum Gasteiger partial charge on any atom is 0.119 e. The van der Waals surface area contributed by atoms with Crippen molar-refractivity contribution in [3.05, 3.63) is 65.9 Å². The number of phenols is 1. The molecule has 156 valence electrons. The van der Waals surface area contributed by atoms with Crippen molar-refractivity contribution < 1.29 is 9.84 Å². The number of rotatable bonds is 5. The van der Waals surface area contributed by atoms with Crippen molar-refractivity contribution in [2.24, 2.45) is 11.8 Å². The van der Waals surface area contributed by atoms with Gasteiger partial charge < -0.3 is 9.84 Å². The van der Waals surface area contributed by atoms with Crippen LogP contribution in [0.1, 0.15) is 43.2 Å². The molecule has 1 aromatic heterocycles. The molecule has 0 radical (unpaired) electrons. The third kappa shape index (κ3) is 3.24. The number of phenolic OH excluding ortho intramolecular Hbond substituents is 1. The normalized spacial score (nSPS) is 26.6. The molecule has 3 saturated heterocycles. The van der Waals surface area contributed by atoms with E-state index in [-0.39, 0.29) is 5.92 Å². The van der Waals surface area contributed by atoms with E-state index in [0.717, 1.165) is 40.6 Å². The first kappa shape index (κ1) is 19.4. The predicted octanol–water partition coefficient (Wildman–Crippen LogP) is 5.20. The highest BCUT2D eigenvalue weighted by Crippen LogP contribution is 2.47. The Kier molecular flexibility index (Phi) is 5.11. The van der Waals surface area contributed by atoms with Gasteiger partial charge in [-0.15, -0.1) is 0 Å². The number of aromatic nitrogens is 1. The average molecular weight is 403 g/mol. The molecule has 0 amide bonds. The Morgan fingerprint density at radius 3 is 2.77 bits per heavy atom. The van der Waals surface area contributed by atoms with Crippen LogP contribution in [0.15, 0.2) is 54.7 Å². The summed E-state index contributed by atoms with van der Waals surface area (Å²) in [7, 11) is 1.70. The van der Waals surface area contributed by atoms with Crippen LogP contribution < -0.4 is 4.74 Å². The number of hydrogen-bond acceptors (Lipinski definition) is 4. The minimum atomic E-state index is 0.101. The summed E-state index contributed by atoms with van der Waals surface area (Å²) in [5.41, 5.74) is 3.21. The molecule has 3 aromatic rings. The number of methoxy groups -OCH3 is 1. The van der Waals surface area contributed by atoms with E-state index in [1.807, 2.05) is 36.5 Å². The number of pyridine rings is 1. The van der Waals surface area contributed by atoms with E-state index in [9.17, 15) is 5.11 Å². The van der Waals surface area contributed by atoms with Crippen LogP contribution in [0.5, 0.6) is 11.5 Å². The SMILES string of the molecule is CCC1CN2CCC1CC2[C@@H](c1ccccc1O)c1ccnc2ccc(OC)cc12. The lowest BCUT2D eigenvalue weighted by molar-refractivity contribution is -0.00659. The van der Waals surface area contributed by atoms with Gasteiger partial charge in [-0.05, 0) is 67.1 Å². The predicted molar refractivity (Wildman–Crippen MR) is 120 cm³/mol. The molecule has 4 heterocycles. The summed E-state index contributed by atoms with van der Waals surface area (Å²) >= 11 is 0. The zero-order valence-electron chi connectivity index (χ0n) is 17.8. The Morgan fingerprint density at radius 1 is 1.17 bits per heavy atom. The van der Waals surface area contributed by atoms with Crippen LogP contribution in [0.3, 0.4) is 0 Å². The van der Waals surface area contributed by atoms with Gasteiger partial charge in [0.2, 0.25) is 0 Å². The van der Waals surface area contributed by atoms with E-state index in [0.29, 0.717) is 11.8 Å². The molecule has 4 heteroatoms. The maximum atomic E-state index is 10.9. The Bertz CT molecular complexity index is 1050. The van der Waals surface area contributed by atoms with Gasteiger partial charge in [0.05, 0.1) is 12.6 Å². The quantitative estimate of drug-likeness (QED) is 0.637. The van der Waals surface area contributed by atoms with Crippen molar-refractivity contribution in [2.75, 3.05) is 20.2 Å². The summed E-state index contributed by atoms with van der Waals surface area (Å²) in [4.78, 5) is 7.28. The third-order valence-electron chi connectivity index (χ3n) is 7.43. The number of benzene rings is 2. The highest BCUT2D eigenvalue weighted by Gasteiger charge is 2.44. The van der Waals surface area contributed by atoms with Crippen LogP contribution in [-0.4, -0.2) is 41.2 Å². The smallest absolute Gasteiger partial charge is 0.119 e. The Balaban J connectivity index is 1.67. The van der Waals surface area contributed by atoms with Gasteiger partial charge in [0.25, 0.3) is 0 Å². The molecule has 2 bridgehead atoms. The number of piperidine rings is 3. The van der Waals surface area contributed by atoms with E-state index in [1.165, 1.54) is 31.4 Å². The molecule has 3 fully saturated rings. The second-order valence-corrected chi connectivity index (χ2v) is 8.83. The van der Waals surface area contributed by atoms with Crippen LogP contribution in [0.2, 0.25) is 0 Å². The van der Waals surface area contributed by atoms with Crippen LogP contribution in [-0.2, 0) is 0 Å². The first-order chi connectivity index (χ1) is 14.7. The fourth-order valence-electron chi connectivity index (χ4n) is 5.87. The molecule has 1 N–H and O–H groups in total. The minimum Gasteiger partial charge on any atom is -0.508 e. The molecule has 5 atom stereocenters. The van der Waals surface area contributed by atoms with Crippen molar-refractivity contribution in [3.8, 4) is 11.5 Å². The summed E-state index contributed by atoms with van der Waals surface area (Å²) in [6.45, 7) is 4.65. The van der Waals surface area contributed by atoms with Gasteiger partial charge in [0.1, 0.15) is 11.5 Å². The number of aromatic hydroxyl groups is 1. The number of nitrogens with zero attached hydrogens (tertiary/aromatic N) is 2. The number of hydrogen-bond donors (Lipinski definition) is 1. The molecule has 4 unspecified atom stereocenters. The second kappa shape index (κ2) is 7.92. The van der Waals surface area contributed by atoms with Gasteiger partial charge in [-0.1, -0.05) is 31.5 Å². The van der Waals surface area contributed by atoms with Gasteiger partial charge >= 0.3 is 0 Å². The lowest BCUT2D eigenvalue weighted by Gasteiger charge is -2.52. The molecule has 2 aromatic carbocycles. The topological polar surface area (TPSA) is 45.6 Å². The van der Waals surface area contributed by atoms with Gasteiger partial charge in [-0.3, -0.25) is 9.88 Å². The van der Waals surface area contributed by atoms with Crippen LogP contribution in [0.25, 0.3) is 10.9 Å². The standard InChI is InChI=1S/C26H30N2O2/c1-3-17-16-28-13-11-18(17)14-24(28)26(21-6-4-5-7-25(21)29)20-10-12-27-23-9-8-19(30-2)15-22(20)23/h4-10,12,15,17-18,24,26,29H,3,11,13-14,16H2,1-2H3/t17?,18?,24?,26-/m1/s1. The van der Waals surface area contributed by atoms with E-state index in [4.69, 9.17) is 4.74 Å². The summed E-state index contributed by atoms with van der Waals surface area (Å²) < 4.78 is 5.52. The Labute approximate surface area is 178 Å². The number of para-hydroxylation sites is 1. The van der Waals surface area contributed by atoms with E-state index < -0.39 is 0 Å². The van der Waals surface area contributed by atoms with E-state index in [2.05, 4.69) is 35.0 Å². The summed E-state index contributed by atoms with van der Waals surface area (Å²) in [6.07, 6.45) is 5.64. The molecular formula is C26H30N2O2. The summed E-state index contributed by atoms with van der Waals surface area (Å²) in [5.74, 6) is 2.90. The fraction of sp³-hybridized carbons (Fsp3) is 0.423. The Morgan fingerprint density at radius 2 is 2.03 bits per heavy atom. The van der Waals surface area contributed by atoms with Crippen molar-refractivity contribution in [1.82, 2.24) is 9.88 Å². The van der Waals surface area contributed by atoms with Crippen molar-refractivity contribution in [2.45, 2.75) is 38.1 Å². The molecule has 6 rings (SSSR count). The van der Waals surface area contributed by atoms with Gasteiger partial charge in [-0.2, -0.15) is 0 Å². The van der Waals surface area contributed by atoms with E-state index in [1.54, 1.807) is 7.11 Å². The molecule has 30 heavy (non-hydrogen) atoms. The monoisotopic (exact) mass is 402 g/mol. The maximum absolute atomic E-state index is 10.9. The van der Waals surface area contributed by atoms with Gasteiger partial charge in [-0.25, -0.2) is 0 Å². The number of ether oxygens (including phenoxy) is 1. The van der Waals surface area contributed by atoms with Crippen molar-refractivity contribution in [1.29, 1.82) is 0 Å². The van der Waals surface area contributed by atoms with E-state index >= 15 is 0 Å². The first-order valence-corrected chi connectivity index (χ1v) is 11.1. The molecule has 0 saturated carbocycles. The molecule has 0 spiro atoms. The zero-order chi connectivity index (χ0) is 20.7. The first-order valence-electron chi connectivity index (χ1n) is 11.1. The number of fused-ring (bicyclic) bond motifs is 4. The minimum absolute atomic E-state index is 0.101. The highest BCUT2D eigenvalue weighted by atomic mass is 16.5. The van der Waals surface area contributed by atoms with Crippen molar-refractivity contribution >= 4 is 10.9 Å². The van der Waals surface area contributed by atoms with Crippen molar-refractivity contribution in [3.63, 3.8) is 0 Å². The summed E-state index contributed by atoms with van der Waals surface area (Å²) in [5, 5.41) is 12.0. The lowest BCUT2D eigenvalue weighted by atomic mass is 9.69. The van der Waals surface area contributed by atoms with Crippen LogP contribution >= 0.6 is 0 Å². The Hall–Kier alpha value is -2.59. The highest BCUT2D eigenvalue weighted by molar-refractivity contribution is 5.84. The molecule has 3 aliphatic rings. The van der Waals surface area contributed by atoms with Crippen LogP contribution in [0, 0.1) is 11.8 Å². The van der Waals surface area contributed by atoms with Gasteiger partial charge in [0, 0.05) is 35.7 Å². The third-order valence-corrected chi connectivity index (χ3v) is 7.43. The average Bonchev–Trinajstić information content (AvgIpc) is 2.80. The fourth-order valence-corrected chi connectivity index (χ4v) is 5.87. The molecule has 3 aliphatic heterocycles. The largest absolute Gasteiger partial charge is 0.508 e. The summed E-state index contributed by atoms with van der Waals surface area (Å²) in [6, 6.07) is 16.5. The van der Waals surface area contributed by atoms with Crippen LogP contribution in [0.4, 0.5) is 0 Å². The molecular weight excluding hydrogens is 372 g/mol. The lowest BCUT2D eigenvalue weighted by Crippen LogP contribution is -2.55. The second-order valence-electron chi connectivity index (χ2n) is 8.83. The van der Waals surface area contributed by atoms with Gasteiger partial charge in [0.15, 0.2) is 0 Å². The zero-order valence-corrected chi connectivity index (χ0v) is 17.8. The molecule has 4 nitrogen and oxygen atoms in total. The molecule has 0 aliphatic carbocycles.